The summed E-state index contributed by atoms with van der Waals surface area (Å²) >= 11 is 1.81. The Morgan fingerprint density at radius 1 is 1.40 bits per heavy atom. The standard InChI is InChI=1S/C16H26N2OS/c1-11(10-13-9-8-12(2)20-13)18-16(19)14-6-4-3-5-7-15(14)17/h8-9,11,14-15H,3-7,10,17H2,1-2H3,(H,18,19). The molecule has 1 amide bonds. The smallest absolute Gasteiger partial charge is 0.224 e. The zero-order valence-corrected chi connectivity index (χ0v) is 13.3. The summed E-state index contributed by atoms with van der Waals surface area (Å²) < 4.78 is 0. The normalized spacial score (nSPS) is 24.9. The number of hydrogen-bond acceptors (Lipinski definition) is 3. The van der Waals surface area contributed by atoms with Crippen molar-refractivity contribution in [2.24, 2.45) is 11.7 Å². The number of carbonyl (C=O) groups is 1. The van der Waals surface area contributed by atoms with Gasteiger partial charge < -0.3 is 11.1 Å². The maximum absolute atomic E-state index is 12.4. The lowest BCUT2D eigenvalue weighted by Crippen LogP contribution is -2.44. The second-order valence-electron chi connectivity index (χ2n) is 6.03. The molecule has 0 aromatic carbocycles. The van der Waals surface area contributed by atoms with E-state index in [1.165, 1.54) is 16.2 Å². The average Bonchev–Trinajstić information content (AvgIpc) is 2.66. The number of aryl methyl sites for hydroxylation is 1. The van der Waals surface area contributed by atoms with Gasteiger partial charge in [0.1, 0.15) is 0 Å². The molecule has 1 heterocycles. The van der Waals surface area contributed by atoms with Crippen LogP contribution in [0.2, 0.25) is 0 Å². The molecule has 0 spiro atoms. The minimum Gasteiger partial charge on any atom is -0.353 e. The van der Waals surface area contributed by atoms with Crippen molar-refractivity contribution in [2.45, 2.75) is 64.5 Å². The zero-order valence-electron chi connectivity index (χ0n) is 12.5. The third-order valence-electron chi connectivity index (χ3n) is 4.10. The van der Waals surface area contributed by atoms with Crippen LogP contribution >= 0.6 is 11.3 Å². The molecule has 1 saturated carbocycles. The van der Waals surface area contributed by atoms with E-state index in [1.807, 2.05) is 0 Å². The predicted octanol–water partition coefficient (Wildman–Crippen LogP) is 3.01. The number of thiophene rings is 1. The summed E-state index contributed by atoms with van der Waals surface area (Å²) in [7, 11) is 0. The summed E-state index contributed by atoms with van der Waals surface area (Å²) in [4.78, 5) is 15.0. The largest absolute Gasteiger partial charge is 0.353 e. The minimum atomic E-state index is 0.00465. The number of carbonyl (C=O) groups excluding carboxylic acids is 1. The zero-order chi connectivity index (χ0) is 14.5. The fraction of sp³-hybridized carbons (Fsp3) is 0.688. The quantitative estimate of drug-likeness (QED) is 0.839. The summed E-state index contributed by atoms with van der Waals surface area (Å²) in [6.07, 6.45) is 6.33. The highest BCUT2D eigenvalue weighted by molar-refractivity contribution is 7.11. The van der Waals surface area contributed by atoms with Gasteiger partial charge in [0.25, 0.3) is 0 Å². The molecule has 3 nitrogen and oxygen atoms in total. The van der Waals surface area contributed by atoms with Gasteiger partial charge in [-0.15, -0.1) is 11.3 Å². The van der Waals surface area contributed by atoms with Gasteiger partial charge in [-0.2, -0.15) is 0 Å². The molecule has 0 aliphatic heterocycles. The van der Waals surface area contributed by atoms with Crippen molar-refractivity contribution in [3.8, 4) is 0 Å². The van der Waals surface area contributed by atoms with E-state index < -0.39 is 0 Å². The Morgan fingerprint density at radius 2 is 2.15 bits per heavy atom. The van der Waals surface area contributed by atoms with Crippen molar-refractivity contribution in [1.82, 2.24) is 5.32 Å². The number of amides is 1. The Morgan fingerprint density at radius 3 is 2.85 bits per heavy atom. The molecule has 0 saturated heterocycles. The van der Waals surface area contributed by atoms with E-state index in [2.05, 4.69) is 31.3 Å². The SMILES string of the molecule is Cc1ccc(CC(C)NC(=O)C2CCCCCC2N)s1. The Bertz CT molecular complexity index is 443. The number of rotatable bonds is 4. The highest BCUT2D eigenvalue weighted by Gasteiger charge is 2.27. The molecule has 2 rings (SSSR count). The van der Waals surface area contributed by atoms with Crippen LogP contribution in [0.15, 0.2) is 12.1 Å². The van der Waals surface area contributed by atoms with Crippen LogP contribution in [-0.2, 0) is 11.2 Å². The molecule has 0 bridgehead atoms. The van der Waals surface area contributed by atoms with Gasteiger partial charge in [0.2, 0.25) is 5.91 Å². The van der Waals surface area contributed by atoms with Gasteiger partial charge in [-0.05, 0) is 38.8 Å². The Balaban J connectivity index is 1.86. The van der Waals surface area contributed by atoms with Crippen molar-refractivity contribution >= 4 is 17.2 Å². The topological polar surface area (TPSA) is 55.1 Å². The molecule has 20 heavy (non-hydrogen) atoms. The Labute approximate surface area is 125 Å². The van der Waals surface area contributed by atoms with E-state index >= 15 is 0 Å². The second-order valence-corrected chi connectivity index (χ2v) is 7.41. The van der Waals surface area contributed by atoms with Crippen LogP contribution in [0.25, 0.3) is 0 Å². The van der Waals surface area contributed by atoms with Gasteiger partial charge in [-0.3, -0.25) is 4.79 Å². The molecule has 3 N–H and O–H groups in total. The van der Waals surface area contributed by atoms with Crippen LogP contribution < -0.4 is 11.1 Å². The van der Waals surface area contributed by atoms with Gasteiger partial charge in [0, 0.05) is 28.3 Å². The van der Waals surface area contributed by atoms with E-state index in [9.17, 15) is 4.79 Å². The maximum Gasteiger partial charge on any atom is 0.224 e. The predicted molar refractivity (Wildman–Crippen MR) is 84.9 cm³/mol. The monoisotopic (exact) mass is 294 g/mol. The third kappa shape index (κ3) is 4.32. The van der Waals surface area contributed by atoms with Crippen LogP contribution in [0.1, 0.15) is 48.8 Å². The van der Waals surface area contributed by atoms with Gasteiger partial charge in [-0.1, -0.05) is 19.3 Å². The molecule has 112 valence electrons. The van der Waals surface area contributed by atoms with Crippen molar-refractivity contribution < 1.29 is 4.79 Å². The third-order valence-corrected chi connectivity index (χ3v) is 5.12. The summed E-state index contributed by atoms with van der Waals surface area (Å²) in [6, 6.07) is 4.50. The van der Waals surface area contributed by atoms with E-state index in [4.69, 9.17) is 5.73 Å². The van der Waals surface area contributed by atoms with Crippen LogP contribution in [0.5, 0.6) is 0 Å². The van der Waals surface area contributed by atoms with E-state index in [1.54, 1.807) is 11.3 Å². The molecule has 0 radical (unpaired) electrons. The van der Waals surface area contributed by atoms with Crippen molar-refractivity contribution in [3.63, 3.8) is 0 Å². The lowest BCUT2D eigenvalue weighted by atomic mass is 9.94. The fourth-order valence-electron chi connectivity index (χ4n) is 2.96. The van der Waals surface area contributed by atoms with Crippen molar-refractivity contribution in [1.29, 1.82) is 0 Å². The first-order valence-electron chi connectivity index (χ1n) is 7.67. The number of hydrogen-bond donors (Lipinski definition) is 2. The first kappa shape index (κ1) is 15.5. The summed E-state index contributed by atoms with van der Waals surface area (Å²) in [6.45, 7) is 4.19. The minimum absolute atomic E-state index is 0.00465. The first-order chi connectivity index (χ1) is 9.56. The summed E-state index contributed by atoms with van der Waals surface area (Å²) in [5, 5.41) is 3.15. The second kappa shape index (κ2) is 7.23. The molecule has 1 aliphatic carbocycles. The Hall–Kier alpha value is -0.870. The molecule has 1 aliphatic rings. The average molecular weight is 294 g/mol. The fourth-order valence-corrected chi connectivity index (χ4v) is 3.98. The molecule has 1 fully saturated rings. The lowest BCUT2D eigenvalue weighted by molar-refractivity contribution is -0.126. The highest BCUT2D eigenvalue weighted by atomic mass is 32.1. The van der Waals surface area contributed by atoms with Gasteiger partial charge >= 0.3 is 0 Å². The van der Waals surface area contributed by atoms with Crippen LogP contribution in [-0.4, -0.2) is 18.0 Å². The van der Waals surface area contributed by atoms with E-state index in [-0.39, 0.29) is 23.9 Å². The van der Waals surface area contributed by atoms with E-state index in [0.29, 0.717) is 0 Å². The van der Waals surface area contributed by atoms with Crippen LogP contribution in [0.4, 0.5) is 0 Å². The Kier molecular flexibility index (Phi) is 5.61. The van der Waals surface area contributed by atoms with E-state index in [0.717, 1.165) is 32.1 Å². The van der Waals surface area contributed by atoms with Gasteiger partial charge in [0.05, 0.1) is 5.92 Å². The molecular formula is C16H26N2OS. The van der Waals surface area contributed by atoms with Crippen LogP contribution in [0, 0.1) is 12.8 Å². The highest BCUT2D eigenvalue weighted by Crippen LogP contribution is 2.23. The molecule has 4 heteroatoms. The first-order valence-corrected chi connectivity index (χ1v) is 8.49. The summed E-state index contributed by atoms with van der Waals surface area (Å²) in [5.74, 6) is 0.158. The van der Waals surface area contributed by atoms with Crippen LogP contribution in [0.3, 0.4) is 0 Å². The van der Waals surface area contributed by atoms with Crippen molar-refractivity contribution in [3.05, 3.63) is 21.9 Å². The molecule has 3 atom stereocenters. The lowest BCUT2D eigenvalue weighted by Gasteiger charge is -2.23. The molecule has 1 aromatic rings. The van der Waals surface area contributed by atoms with Gasteiger partial charge in [0.15, 0.2) is 0 Å². The van der Waals surface area contributed by atoms with Gasteiger partial charge in [-0.25, -0.2) is 0 Å². The summed E-state index contributed by atoms with van der Waals surface area (Å²) in [5.41, 5.74) is 6.15. The molecular weight excluding hydrogens is 268 g/mol. The van der Waals surface area contributed by atoms with Crippen molar-refractivity contribution in [2.75, 3.05) is 0 Å². The number of nitrogens with one attached hydrogen (secondary N) is 1. The maximum atomic E-state index is 12.4. The molecule has 3 unspecified atom stereocenters. The number of nitrogens with two attached hydrogens (primary N) is 1. The molecule has 1 aromatic heterocycles.